The molecule has 2 aromatic rings. The van der Waals surface area contributed by atoms with E-state index >= 15 is 0 Å². The minimum Gasteiger partial charge on any atom is -0.384 e. The molecule has 0 amide bonds. The molecule has 2 nitrogen and oxygen atoms in total. The maximum atomic E-state index is 5.13. The third-order valence-corrected chi connectivity index (χ3v) is 3.80. The van der Waals surface area contributed by atoms with Crippen LogP contribution >= 0.6 is 0 Å². The van der Waals surface area contributed by atoms with Crippen LogP contribution in [-0.4, -0.2) is 20.3 Å². The first-order valence-corrected chi connectivity index (χ1v) is 7.66. The van der Waals surface area contributed by atoms with Crippen molar-refractivity contribution in [2.75, 3.05) is 20.3 Å². The standard InChI is InChI=1S/C19H25NO/c1-4-20-15(2)18-7-5-6-8-19(18)17-11-9-16(10-12-17)13-14-21-3/h5-12,15,20H,4,13-14H2,1-3H3. The van der Waals surface area contributed by atoms with E-state index in [1.807, 2.05) is 0 Å². The van der Waals surface area contributed by atoms with E-state index in [0.717, 1.165) is 19.6 Å². The summed E-state index contributed by atoms with van der Waals surface area (Å²) in [6, 6.07) is 17.8. The number of nitrogens with one attached hydrogen (secondary N) is 1. The highest BCUT2D eigenvalue weighted by Crippen LogP contribution is 2.28. The van der Waals surface area contributed by atoms with Gasteiger partial charge in [0.15, 0.2) is 0 Å². The van der Waals surface area contributed by atoms with E-state index in [-0.39, 0.29) is 0 Å². The first-order chi connectivity index (χ1) is 10.3. The molecule has 0 saturated carbocycles. The summed E-state index contributed by atoms with van der Waals surface area (Å²) in [5, 5.41) is 3.49. The fraction of sp³-hybridized carbons (Fsp3) is 0.368. The Morgan fingerprint density at radius 2 is 1.76 bits per heavy atom. The second kappa shape index (κ2) is 7.96. The summed E-state index contributed by atoms with van der Waals surface area (Å²) in [6.07, 6.45) is 0.965. The van der Waals surface area contributed by atoms with Crippen molar-refractivity contribution >= 4 is 0 Å². The molecule has 1 atom stereocenters. The van der Waals surface area contributed by atoms with Gasteiger partial charge in [-0.15, -0.1) is 0 Å². The van der Waals surface area contributed by atoms with E-state index in [0.29, 0.717) is 6.04 Å². The van der Waals surface area contributed by atoms with Crippen LogP contribution in [0.3, 0.4) is 0 Å². The topological polar surface area (TPSA) is 21.3 Å². The molecule has 0 aromatic heterocycles. The molecule has 0 spiro atoms. The lowest BCUT2D eigenvalue weighted by Crippen LogP contribution is -2.18. The summed E-state index contributed by atoms with van der Waals surface area (Å²) < 4.78 is 5.13. The van der Waals surface area contributed by atoms with Gasteiger partial charge in [0.25, 0.3) is 0 Å². The normalized spacial score (nSPS) is 12.3. The molecule has 21 heavy (non-hydrogen) atoms. The summed E-state index contributed by atoms with van der Waals surface area (Å²) in [5.74, 6) is 0. The molecule has 0 radical (unpaired) electrons. The molecule has 0 bridgehead atoms. The Bertz CT molecular complexity index is 548. The van der Waals surface area contributed by atoms with E-state index < -0.39 is 0 Å². The van der Waals surface area contributed by atoms with Crippen molar-refractivity contribution in [1.82, 2.24) is 5.32 Å². The van der Waals surface area contributed by atoms with Gasteiger partial charge in [0, 0.05) is 13.2 Å². The fourth-order valence-corrected chi connectivity index (χ4v) is 2.62. The van der Waals surface area contributed by atoms with Gasteiger partial charge in [-0.3, -0.25) is 0 Å². The molecular formula is C19H25NO. The van der Waals surface area contributed by atoms with Crippen LogP contribution in [0.5, 0.6) is 0 Å². The van der Waals surface area contributed by atoms with Crippen LogP contribution < -0.4 is 5.32 Å². The number of hydrogen-bond acceptors (Lipinski definition) is 2. The molecule has 0 aliphatic heterocycles. The van der Waals surface area contributed by atoms with Gasteiger partial charge in [0.2, 0.25) is 0 Å². The zero-order chi connectivity index (χ0) is 15.1. The van der Waals surface area contributed by atoms with Crippen LogP contribution in [0.2, 0.25) is 0 Å². The van der Waals surface area contributed by atoms with Gasteiger partial charge in [0.1, 0.15) is 0 Å². The van der Waals surface area contributed by atoms with Gasteiger partial charge in [-0.2, -0.15) is 0 Å². The summed E-state index contributed by atoms with van der Waals surface area (Å²) in [4.78, 5) is 0. The predicted molar refractivity (Wildman–Crippen MR) is 89.5 cm³/mol. The maximum Gasteiger partial charge on any atom is 0.0502 e. The molecule has 0 saturated heterocycles. The van der Waals surface area contributed by atoms with Gasteiger partial charge in [0.05, 0.1) is 6.61 Å². The molecule has 2 rings (SSSR count). The van der Waals surface area contributed by atoms with Crippen LogP contribution in [-0.2, 0) is 11.2 Å². The Morgan fingerprint density at radius 1 is 1.05 bits per heavy atom. The molecule has 2 aromatic carbocycles. The number of ether oxygens (including phenoxy) is 1. The van der Waals surface area contributed by atoms with Crippen molar-refractivity contribution in [3.63, 3.8) is 0 Å². The summed E-state index contributed by atoms with van der Waals surface area (Å²) in [5.41, 5.74) is 5.25. The zero-order valence-corrected chi connectivity index (χ0v) is 13.2. The van der Waals surface area contributed by atoms with Crippen LogP contribution in [0.1, 0.15) is 31.0 Å². The number of methoxy groups -OCH3 is 1. The number of rotatable bonds is 7. The Balaban J connectivity index is 2.25. The second-order valence-corrected chi connectivity index (χ2v) is 5.31. The van der Waals surface area contributed by atoms with Gasteiger partial charge < -0.3 is 10.1 Å². The average Bonchev–Trinajstić information content (AvgIpc) is 2.53. The van der Waals surface area contributed by atoms with Crippen LogP contribution in [0.4, 0.5) is 0 Å². The van der Waals surface area contributed by atoms with Crippen LogP contribution in [0, 0.1) is 0 Å². The number of benzene rings is 2. The van der Waals surface area contributed by atoms with Crippen LogP contribution in [0.15, 0.2) is 48.5 Å². The molecule has 1 N–H and O–H groups in total. The average molecular weight is 283 g/mol. The molecule has 0 heterocycles. The highest BCUT2D eigenvalue weighted by Gasteiger charge is 2.10. The molecule has 0 fully saturated rings. The minimum absolute atomic E-state index is 0.361. The Hall–Kier alpha value is -1.64. The van der Waals surface area contributed by atoms with E-state index in [1.165, 1.54) is 22.3 Å². The fourth-order valence-electron chi connectivity index (χ4n) is 2.62. The SMILES string of the molecule is CCNC(C)c1ccccc1-c1ccc(CCOC)cc1. The Kier molecular flexibility index (Phi) is 5.97. The van der Waals surface area contributed by atoms with Crippen molar-refractivity contribution < 1.29 is 4.74 Å². The van der Waals surface area contributed by atoms with Crippen LogP contribution in [0.25, 0.3) is 11.1 Å². The van der Waals surface area contributed by atoms with E-state index in [4.69, 9.17) is 4.74 Å². The quantitative estimate of drug-likeness (QED) is 0.821. The number of hydrogen-bond donors (Lipinski definition) is 1. The zero-order valence-electron chi connectivity index (χ0n) is 13.2. The highest BCUT2D eigenvalue weighted by atomic mass is 16.5. The van der Waals surface area contributed by atoms with E-state index in [1.54, 1.807) is 7.11 Å². The predicted octanol–water partition coefficient (Wildman–Crippen LogP) is 4.21. The third kappa shape index (κ3) is 4.16. The lowest BCUT2D eigenvalue weighted by molar-refractivity contribution is 0.202. The van der Waals surface area contributed by atoms with Crippen molar-refractivity contribution in [3.05, 3.63) is 59.7 Å². The van der Waals surface area contributed by atoms with Crippen molar-refractivity contribution in [2.24, 2.45) is 0 Å². The Labute approximate surface area is 128 Å². The molecular weight excluding hydrogens is 258 g/mol. The van der Waals surface area contributed by atoms with Crippen molar-refractivity contribution in [3.8, 4) is 11.1 Å². The molecule has 112 valence electrons. The lowest BCUT2D eigenvalue weighted by atomic mass is 9.94. The Morgan fingerprint density at radius 3 is 2.43 bits per heavy atom. The van der Waals surface area contributed by atoms with Gasteiger partial charge in [-0.1, -0.05) is 55.5 Å². The highest BCUT2D eigenvalue weighted by molar-refractivity contribution is 5.68. The summed E-state index contributed by atoms with van der Waals surface area (Å²) >= 11 is 0. The lowest BCUT2D eigenvalue weighted by Gasteiger charge is -2.17. The molecule has 1 unspecified atom stereocenters. The van der Waals surface area contributed by atoms with E-state index in [2.05, 4.69) is 67.7 Å². The minimum atomic E-state index is 0.361. The van der Waals surface area contributed by atoms with Crippen molar-refractivity contribution in [2.45, 2.75) is 26.3 Å². The first kappa shape index (κ1) is 15.7. The molecule has 2 heteroatoms. The molecule has 0 aliphatic rings. The molecule has 0 aliphatic carbocycles. The third-order valence-electron chi connectivity index (χ3n) is 3.80. The maximum absolute atomic E-state index is 5.13. The van der Waals surface area contributed by atoms with Crippen molar-refractivity contribution in [1.29, 1.82) is 0 Å². The van der Waals surface area contributed by atoms with Gasteiger partial charge in [-0.05, 0) is 42.1 Å². The monoisotopic (exact) mass is 283 g/mol. The summed E-state index contributed by atoms with van der Waals surface area (Å²) in [7, 11) is 1.74. The largest absolute Gasteiger partial charge is 0.384 e. The summed E-state index contributed by atoms with van der Waals surface area (Å²) in [6.45, 7) is 6.11. The smallest absolute Gasteiger partial charge is 0.0502 e. The van der Waals surface area contributed by atoms with Gasteiger partial charge >= 0.3 is 0 Å². The first-order valence-electron chi connectivity index (χ1n) is 7.66. The van der Waals surface area contributed by atoms with E-state index in [9.17, 15) is 0 Å². The second-order valence-electron chi connectivity index (χ2n) is 5.31. The van der Waals surface area contributed by atoms with Gasteiger partial charge in [-0.25, -0.2) is 0 Å².